The zero-order valence-corrected chi connectivity index (χ0v) is 18.9. The van der Waals surface area contributed by atoms with Crippen molar-refractivity contribution in [3.8, 4) is 5.75 Å². The maximum atomic E-state index is 13.2. The predicted octanol–water partition coefficient (Wildman–Crippen LogP) is 6.14. The molecule has 1 amide bonds. The van der Waals surface area contributed by atoms with Gasteiger partial charge in [-0.2, -0.15) is 0 Å². The van der Waals surface area contributed by atoms with Crippen molar-refractivity contribution in [3.63, 3.8) is 0 Å². The lowest BCUT2D eigenvalue weighted by atomic mass is 9.87. The average molecular weight is 427 g/mol. The summed E-state index contributed by atoms with van der Waals surface area (Å²) in [5.41, 5.74) is 5.63. The fourth-order valence-corrected chi connectivity index (χ4v) is 4.47. The minimum Gasteiger partial charge on any atom is -0.496 e. The summed E-state index contributed by atoms with van der Waals surface area (Å²) in [6.45, 7) is 4.18. The Morgan fingerprint density at radius 3 is 2.47 bits per heavy atom. The third-order valence-electron chi connectivity index (χ3n) is 6.17. The molecule has 0 aliphatic carbocycles. The normalized spacial score (nSPS) is 13.0. The summed E-state index contributed by atoms with van der Waals surface area (Å²) < 4.78 is 5.67. The number of rotatable bonds is 8. The van der Waals surface area contributed by atoms with Gasteiger partial charge in [0.1, 0.15) is 5.75 Å². The Balaban J connectivity index is 1.70. The molecule has 4 aromatic rings. The van der Waals surface area contributed by atoms with Crippen LogP contribution in [0.3, 0.4) is 0 Å². The molecule has 0 unspecified atom stereocenters. The summed E-state index contributed by atoms with van der Waals surface area (Å²) in [5.74, 6) is 0.677. The van der Waals surface area contributed by atoms with Gasteiger partial charge in [-0.1, -0.05) is 73.7 Å². The van der Waals surface area contributed by atoms with Gasteiger partial charge in [-0.15, -0.1) is 0 Å². The number of aromatic nitrogens is 1. The van der Waals surface area contributed by atoms with E-state index in [9.17, 15) is 4.79 Å². The number of aryl methyl sites for hydroxylation is 1. The van der Waals surface area contributed by atoms with Gasteiger partial charge in [-0.25, -0.2) is 0 Å². The third-order valence-corrected chi connectivity index (χ3v) is 6.17. The van der Waals surface area contributed by atoms with E-state index in [1.807, 2.05) is 55.5 Å². The number of amides is 1. The number of carbonyl (C=O) groups is 1. The number of para-hydroxylation sites is 2. The van der Waals surface area contributed by atoms with E-state index >= 15 is 0 Å². The highest BCUT2D eigenvalue weighted by Crippen LogP contribution is 2.38. The molecule has 0 saturated carbocycles. The Morgan fingerprint density at radius 1 is 0.969 bits per heavy atom. The number of hydrogen-bond donors (Lipinski definition) is 2. The summed E-state index contributed by atoms with van der Waals surface area (Å²) in [6.07, 6.45) is 3.33. The lowest BCUT2D eigenvalue weighted by molar-refractivity contribution is -0.121. The number of hydrogen-bond acceptors (Lipinski definition) is 2. The molecule has 0 spiro atoms. The van der Waals surface area contributed by atoms with Crippen LogP contribution in [0.4, 0.5) is 0 Å². The van der Waals surface area contributed by atoms with Crippen molar-refractivity contribution >= 4 is 16.8 Å². The minimum atomic E-state index is -0.130. The summed E-state index contributed by atoms with van der Waals surface area (Å²) >= 11 is 0. The molecule has 4 rings (SSSR count). The number of methoxy groups -OCH3 is 1. The Kier molecular flexibility index (Phi) is 6.60. The van der Waals surface area contributed by atoms with Gasteiger partial charge in [0.15, 0.2) is 0 Å². The number of ether oxygens (including phenoxy) is 1. The molecule has 0 aliphatic rings. The summed E-state index contributed by atoms with van der Waals surface area (Å²) in [6, 6.07) is 24.3. The third kappa shape index (κ3) is 4.40. The van der Waals surface area contributed by atoms with Gasteiger partial charge in [0.2, 0.25) is 5.91 Å². The summed E-state index contributed by atoms with van der Waals surface area (Å²) in [4.78, 5) is 16.7. The molecule has 2 N–H and O–H groups in total. The fraction of sp³-hybridized carbons (Fsp3) is 0.250. The van der Waals surface area contributed by atoms with Gasteiger partial charge in [0.05, 0.1) is 13.2 Å². The Labute approximate surface area is 189 Å². The second-order valence-electron chi connectivity index (χ2n) is 8.14. The van der Waals surface area contributed by atoms with Crippen molar-refractivity contribution < 1.29 is 9.53 Å². The molecule has 1 heterocycles. The Hall–Kier alpha value is -3.53. The first-order chi connectivity index (χ1) is 15.6. The van der Waals surface area contributed by atoms with E-state index in [2.05, 4.69) is 47.7 Å². The van der Waals surface area contributed by atoms with Crippen molar-refractivity contribution in [3.05, 3.63) is 101 Å². The van der Waals surface area contributed by atoms with E-state index in [1.54, 1.807) is 7.11 Å². The maximum absolute atomic E-state index is 13.2. The topological polar surface area (TPSA) is 54.1 Å². The molecule has 0 aliphatic heterocycles. The van der Waals surface area contributed by atoms with Crippen molar-refractivity contribution in [1.82, 2.24) is 10.3 Å². The van der Waals surface area contributed by atoms with Crippen LogP contribution in [-0.4, -0.2) is 18.0 Å². The Morgan fingerprint density at radius 2 is 1.72 bits per heavy atom. The highest BCUT2D eigenvalue weighted by molar-refractivity contribution is 5.88. The number of aromatic amines is 1. The number of benzene rings is 3. The minimum absolute atomic E-state index is 0.0123. The van der Waals surface area contributed by atoms with Crippen molar-refractivity contribution in [2.75, 3.05) is 7.11 Å². The molecule has 0 bridgehead atoms. The molecule has 3 aromatic carbocycles. The quantitative estimate of drug-likeness (QED) is 0.356. The molecule has 1 aromatic heterocycles. The van der Waals surface area contributed by atoms with Gasteiger partial charge in [-0.3, -0.25) is 4.79 Å². The lowest BCUT2D eigenvalue weighted by Crippen LogP contribution is -2.28. The van der Waals surface area contributed by atoms with Crippen LogP contribution in [-0.2, 0) is 11.2 Å². The van der Waals surface area contributed by atoms with Gasteiger partial charge in [-0.05, 0) is 36.1 Å². The monoisotopic (exact) mass is 426 g/mol. The van der Waals surface area contributed by atoms with E-state index in [-0.39, 0.29) is 17.9 Å². The summed E-state index contributed by atoms with van der Waals surface area (Å²) in [5, 5.41) is 4.33. The van der Waals surface area contributed by atoms with E-state index < -0.39 is 0 Å². The van der Waals surface area contributed by atoms with Gasteiger partial charge >= 0.3 is 0 Å². The molecular weight excluding hydrogens is 396 g/mol. The highest BCUT2D eigenvalue weighted by Gasteiger charge is 2.25. The standard InChI is InChI=1S/C28H30N2O2/c1-4-20-13-10-15-23-25(18-29-28(20)23)24(22-14-8-9-16-26(22)32-3)17-27(31)30-19(2)21-11-6-5-7-12-21/h5-16,18-19,24,29H,4,17H2,1-3H3,(H,30,31)/t19-,24-/m1/s1. The van der Waals surface area contributed by atoms with Gasteiger partial charge < -0.3 is 15.0 Å². The zero-order chi connectivity index (χ0) is 22.5. The van der Waals surface area contributed by atoms with Crippen molar-refractivity contribution in [2.24, 2.45) is 0 Å². The SMILES string of the molecule is CCc1cccc2c([C@H](CC(=O)N[C@H](C)c3ccccc3)c3ccccc3OC)c[nH]c12. The smallest absolute Gasteiger partial charge is 0.221 e. The second kappa shape index (κ2) is 9.73. The van der Waals surface area contributed by atoms with Crippen LogP contribution in [0.5, 0.6) is 5.75 Å². The van der Waals surface area contributed by atoms with Gasteiger partial charge in [0.25, 0.3) is 0 Å². The van der Waals surface area contributed by atoms with Gasteiger partial charge in [0, 0.05) is 35.0 Å². The van der Waals surface area contributed by atoms with Crippen molar-refractivity contribution in [2.45, 2.75) is 38.6 Å². The lowest BCUT2D eigenvalue weighted by Gasteiger charge is -2.21. The van der Waals surface area contributed by atoms with Crippen LogP contribution in [0.25, 0.3) is 10.9 Å². The van der Waals surface area contributed by atoms with Crippen LogP contribution in [0.15, 0.2) is 79.0 Å². The average Bonchev–Trinajstić information content (AvgIpc) is 3.27. The molecule has 32 heavy (non-hydrogen) atoms. The molecule has 4 nitrogen and oxygen atoms in total. The number of carbonyl (C=O) groups excluding carboxylic acids is 1. The fourth-order valence-electron chi connectivity index (χ4n) is 4.47. The van der Waals surface area contributed by atoms with E-state index in [0.717, 1.165) is 39.8 Å². The van der Waals surface area contributed by atoms with Crippen molar-refractivity contribution in [1.29, 1.82) is 0 Å². The first-order valence-corrected chi connectivity index (χ1v) is 11.2. The van der Waals surface area contributed by atoms with E-state index in [0.29, 0.717) is 6.42 Å². The molecule has 4 heteroatoms. The molecule has 164 valence electrons. The first kappa shape index (κ1) is 21.7. The van der Waals surface area contributed by atoms with E-state index in [1.165, 1.54) is 5.56 Å². The van der Waals surface area contributed by atoms with Crippen LogP contribution in [0, 0.1) is 0 Å². The van der Waals surface area contributed by atoms with Crippen LogP contribution in [0.1, 0.15) is 54.5 Å². The molecule has 0 fully saturated rings. The van der Waals surface area contributed by atoms with E-state index in [4.69, 9.17) is 4.74 Å². The van der Waals surface area contributed by atoms with Crippen LogP contribution >= 0.6 is 0 Å². The molecule has 0 radical (unpaired) electrons. The number of nitrogens with one attached hydrogen (secondary N) is 2. The van der Waals surface area contributed by atoms with Crippen LogP contribution < -0.4 is 10.1 Å². The Bertz CT molecular complexity index is 1200. The summed E-state index contributed by atoms with van der Waals surface area (Å²) in [7, 11) is 1.68. The maximum Gasteiger partial charge on any atom is 0.221 e. The largest absolute Gasteiger partial charge is 0.496 e. The molecule has 0 saturated heterocycles. The molecular formula is C28H30N2O2. The first-order valence-electron chi connectivity index (χ1n) is 11.2. The zero-order valence-electron chi connectivity index (χ0n) is 18.9. The highest BCUT2D eigenvalue weighted by atomic mass is 16.5. The molecule has 2 atom stereocenters. The predicted molar refractivity (Wildman–Crippen MR) is 130 cm³/mol. The number of fused-ring (bicyclic) bond motifs is 1. The van der Waals surface area contributed by atoms with Crippen LogP contribution in [0.2, 0.25) is 0 Å². The second-order valence-corrected chi connectivity index (χ2v) is 8.14. The number of H-pyrrole nitrogens is 1.